The lowest BCUT2D eigenvalue weighted by molar-refractivity contribution is 0.669. The van der Waals surface area contributed by atoms with Gasteiger partial charge in [-0.1, -0.05) is 158 Å². The summed E-state index contributed by atoms with van der Waals surface area (Å²) in [6.45, 7) is 0. The number of hydrogen-bond donors (Lipinski definition) is 0. The quantitative estimate of drug-likeness (QED) is 0.167. The minimum absolute atomic E-state index is 0.576. The average molecular weight is 824 g/mol. The van der Waals surface area contributed by atoms with E-state index in [4.69, 9.17) is 23.8 Å². The highest BCUT2D eigenvalue weighted by Crippen LogP contribution is 2.44. The molecule has 13 rings (SSSR count). The van der Waals surface area contributed by atoms with Gasteiger partial charge in [-0.15, -0.1) is 11.3 Å². The highest BCUT2D eigenvalue weighted by atomic mass is 32.1. The predicted molar refractivity (Wildman–Crippen MR) is 260 cm³/mol. The fourth-order valence-corrected chi connectivity index (χ4v) is 10.3. The van der Waals surface area contributed by atoms with E-state index in [2.05, 4.69) is 152 Å². The van der Waals surface area contributed by atoms with Gasteiger partial charge in [0.1, 0.15) is 22.3 Å². The van der Waals surface area contributed by atoms with Crippen molar-refractivity contribution in [3.05, 3.63) is 200 Å². The summed E-state index contributed by atoms with van der Waals surface area (Å²) >= 11 is 1.83. The first-order chi connectivity index (χ1) is 31.2. The number of fused-ring (bicyclic) bond motifs is 9. The van der Waals surface area contributed by atoms with Crippen LogP contribution < -0.4 is 0 Å². The summed E-state index contributed by atoms with van der Waals surface area (Å²) in [4.78, 5) is 15.4. The van der Waals surface area contributed by atoms with Gasteiger partial charge < -0.3 is 8.83 Å². The molecule has 0 bridgehead atoms. The Kier molecular flexibility index (Phi) is 8.01. The van der Waals surface area contributed by atoms with E-state index in [-0.39, 0.29) is 0 Å². The molecule has 0 aliphatic heterocycles. The van der Waals surface area contributed by atoms with Gasteiger partial charge in [0.05, 0.1) is 0 Å². The number of nitrogens with zero attached hydrogens (tertiary/aromatic N) is 3. The predicted octanol–water partition coefficient (Wildman–Crippen LogP) is 16.0. The molecular formula is C57H33N3O2S. The third kappa shape index (κ3) is 5.87. The van der Waals surface area contributed by atoms with E-state index in [0.717, 1.165) is 93.9 Å². The van der Waals surface area contributed by atoms with Gasteiger partial charge >= 0.3 is 0 Å². The highest BCUT2D eigenvalue weighted by molar-refractivity contribution is 7.25. The molecule has 9 aromatic carbocycles. The molecule has 0 fully saturated rings. The summed E-state index contributed by atoms with van der Waals surface area (Å²) in [5.74, 6) is 1.78. The van der Waals surface area contributed by atoms with Gasteiger partial charge in [0.2, 0.25) is 0 Å². The van der Waals surface area contributed by atoms with Crippen LogP contribution in [-0.2, 0) is 0 Å². The molecule has 0 saturated heterocycles. The van der Waals surface area contributed by atoms with Crippen LogP contribution in [-0.4, -0.2) is 15.0 Å². The summed E-state index contributed by atoms with van der Waals surface area (Å²) < 4.78 is 15.9. The van der Waals surface area contributed by atoms with Crippen molar-refractivity contribution >= 4 is 75.4 Å². The Labute approximate surface area is 365 Å². The number of para-hydroxylation sites is 1. The summed E-state index contributed by atoms with van der Waals surface area (Å²) in [6, 6.07) is 69.7. The number of aromatic nitrogens is 3. The van der Waals surface area contributed by atoms with Crippen molar-refractivity contribution in [2.24, 2.45) is 0 Å². The molecule has 4 heterocycles. The van der Waals surface area contributed by atoms with Gasteiger partial charge in [-0.3, -0.25) is 0 Å². The zero-order valence-corrected chi connectivity index (χ0v) is 34.4. The maximum atomic E-state index is 6.78. The summed E-state index contributed by atoms with van der Waals surface area (Å²) in [5.41, 5.74) is 12.6. The molecule has 63 heavy (non-hydrogen) atoms. The molecule has 0 atom stereocenters. The summed E-state index contributed by atoms with van der Waals surface area (Å²) in [6.07, 6.45) is 0. The monoisotopic (exact) mass is 823 g/mol. The van der Waals surface area contributed by atoms with E-state index >= 15 is 0 Å². The maximum Gasteiger partial charge on any atom is 0.164 e. The Morgan fingerprint density at radius 2 is 0.889 bits per heavy atom. The molecule has 0 N–H and O–H groups in total. The summed E-state index contributed by atoms with van der Waals surface area (Å²) in [5, 5.41) is 6.67. The standard InChI is InChI=1S/C57H33N3O2S/c1-3-13-34(14-4-1)36-17-9-18-39(31-36)56-58-55(35-15-5-2-6-16-35)59-57(60-56)45-23-12-24-48-53(45)46-32-37(28-30-47(46)61-48)40-20-11-25-49-52(40)44-22-10-21-41(54(44)62-49)38-27-29-43-42-19-7-8-26-50(42)63-51(43)33-38/h1-33H. The summed E-state index contributed by atoms with van der Waals surface area (Å²) in [7, 11) is 0. The first-order valence-electron chi connectivity index (χ1n) is 21.0. The van der Waals surface area contributed by atoms with Gasteiger partial charge in [-0.25, -0.2) is 15.0 Å². The second-order valence-corrected chi connectivity index (χ2v) is 17.0. The number of furan rings is 2. The topological polar surface area (TPSA) is 65.0 Å². The van der Waals surface area contributed by atoms with E-state index in [1.807, 2.05) is 59.9 Å². The first-order valence-corrected chi connectivity index (χ1v) is 21.8. The SMILES string of the molecule is c1ccc(-c2cccc(-c3nc(-c4ccccc4)nc(-c4cccc5oc6ccc(-c7cccc8oc9c(-c%10ccc%11c(c%10)sc%10ccccc%10%11)cccc9c78)cc6c45)n3)c2)cc1. The van der Waals surface area contributed by atoms with Crippen LogP contribution in [0.25, 0.3) is 132 Å². The minimum Gasteiger partial charge on any atom is -0.456 e. The lowest BCUT2D eigenvalue weighted by Gasteiger charge is -2.10. The minimum atomic E-state index is 0.576. The van der Waals surface area contributed by atoms with Gasteiger partial charge in [0.25, 0.3) is 0 Å². The van der Waals surface area contributed by atoms with Gasteiger partial charge in [-0.05, 0) is 70.3 Å². The molecular weight excluding hydrogens is 791 g/mol. The van der Waals surface area contributed by atoms with Crippen molar-refractivity contribution in [2.45, 2.75) is 0 Å². The third-order valence-corrected chi connectivity index (χ3v) is 13.3. The Morgan fingerprint density at radius 3 is 1.75 bits per heavy atom. The van der Waals surface area contributed by atoms with Crippen molar-refractivity contribution in [1.29, 1.82) is 0 Å². The molecule has 0 aliphatic rings. The molecule has 0 spiro atoms. The number of rotatable bonds is 6. The largest absolute Gasteiger partial charge is 0.456 e. The van der Waals surface area contributed by atoms with Gasteiger partial charge in [-0.2, -0.15) is 0 Å². The second-order valence-electron chi connectivity index (χ2n) is 15.9. The molecule has 5 nitrogen and oxygen atoms in total. The molecule has 13 aromatic rings. The van der Waals surface area contributed by atoms with Gasteiger partial charge in [0, 0.05) is 64.0 Å². The Bertz CT molecular complexity index is 3920. The molecule has 0 saturated carbocycles. The maximum absolute atomic E-state index is 6.78. The normalized spacial score (nSPS) is 11.8. The lowest BCUT2D eigenvalue weighted by Crippen LogP contribution is -2.00. The van der Waals surface area contributed by atoms with Crippen LogP contribution in [0.4, 0.5) is 0 Å². The lowest BCUT2D eigenvalue weighted by atomic mass is 9.95. The van der Waals surface area contributed by atoms with Crippen LogP contribution in [0.3, 0.4) is 0 Å². The molecule has 0 amide bonds. The van der Waals surface area contributed by atoms with Crippen LogP contribution in [0.5, 0.6) is 0 Å². The average Bonchev–Trinajstić information content (AvgIpc) is 4.05. The zero-order valence-electron chi connectivity index (χ0n) is 33.6. The molecule has 0 unspecified atom stereocenters. The van der Waals surface area contributed by atoms with E-state index in [1.54, 1.807) is 0 Å². The number of thiophene rings is 1. The Balaban J connectivity index is 0.966. The number of hydrogen-bond acceptors (Lipinski definition) is 6. The van der Waals surface area contributed by atoms with Crippen molar-refractivity contribution < 1.29 is 8.83 Å². The van der Waals surface area contributed by atoms with Crippen LogP contribution >= 0.6 is 11.3 Å². The van der Waals surface area contributed by atoms with E-state index in [1.165, 1.54) is 20.2 Å². The fourth-order valence-electron chi connectivity index (χ4n) is 9.20. The van der Waals surface area contributed by atoms with E-state index < -0.39 is 0 Å². The zero-order chi connectivity index (χ0) is 41.4. The van der Waals surface area contributed by atoms with Crippen molar-refractivity contribution in [2.75, 3.05) is 0 Å². The molecule has 294 valence electrons. The van der Waals surface area contributed by atoms with Crippen molar-refractivity contribution in [3.63, 3.8) is 0 Å². The third-order valence-electron chi connectivity index (χ3n) is 12.2. The van der Waals surface area contributed by atoms with Crippen LogP contribution in [0, 0.1) is 0 Å². The van der Waals surface area contributed by atoms with Crippen molar-refractivity contribution in [1.82, 2.24) is 15.0 Å². The smallest absolute Gasteiger partial charge is 0.164 e. The van der Waals surface area contributed by atoms with Crippen LogP contribution in [0.1, 0.15) is 0 Å². The van der Waals surface area contributed by atoms with E-state index in [9.17, 15) is 0 Å². The molecule has 0 aliphatic carbocycles. The van der Waals surface area contributed by atoms with E-state index in [0.29, 0.717) is 17.5 Å². The van der Waals surface area contributed by atoms with Crippen molar-refractivity contribution in [3.8, 4) is 67.5 Å². The molecule has 6 heteroatoms. The molecule has 0 radical (unpaired) electrons. The first kappa shape index (κ1) is 35.6. The fraction of sp³-hybridized carbons (Fsp3) is 0. The highest BCUT2D eigenvalue weighted by Gasteiger charge is 2.21. The molecule has 4 aromatic heterocycles. The Morgan fingerprint density at radius 1 is 0.302 bits per heavy atom. The van der Waals surface area contributed by atoms with Gasteiger partial charge in [0.15, 0.2) is 17.5 Å². The number of benzene rings is 9. The van der Waals surface area contributed by atoms with Crippen LogP contribution in [0.2, 0.25) is 0 Å². The second kappa shape index (κ2) is 14.2. The Hall–Kier alpha value is -8.19. The van der Waals surface area contributed by atoms with Crippen LogP contribution in [0.15, 0.2) is 209 Å².